The number of likely N-dealkylation sites (tertiary alicyclic amines) is 1. The van der Waals surface area contributed by atoms with Crippen molar-refractivity contribution in [3.05, 3.63) is 21.3 Å². The van der Waals surface area contributed by atoms with Gasteiger partial charge in [-0.05, 0) is 57.3 Å². The third-order valence-electron chi connectivity index (χ3n) is 4.94. The van der Waals surface area contributed by atoms with Gasteiger partial charge in [0.05, 0.1) is 11.1 Å². The maximum absolute atomic E-state index is 6.41. The number of likely N-dealkylation sites (N-methyl/N-ethyl adjacent to an activating group) is 1. The first kappa shape index (κ1) is 13.9. The van der Waals surface area contributed by atoms with E-state index in [1.54, 1.807) is 11.3 Å². The first-order valence-corrected chi connectivity index (χ1v) is 8.69. The third-order valence-corrected chi connectivity index (χ3v) is 6.36. The van der Waals surface area contributed by atoms with E-state index in [2.05, 4.69) is 22.6 Å². The zero-order valence-corrected chi connectivity index (χ0v) is 13.2. The van der Waals surface area contributed by atoms with Gasteiger partial charge in [0.1, 0.15) is 0 Å². The van der Waals surface area contributed by atoms with Crippen LogP contribution in [0.15, 0.2) is 11.4 Å². The van der Waals surface area contributed by atoms with Gasteiger partial charge >= 0.3 is 0 Å². The molecule has 2 aliphatic rings. The van der Waals surface area contributed by atoms with Crippen LogP contribution in [0.2, 0.25) is 5.02 Å². The van der Waals surface area contributed by atoms with Gasteiger partial charge in [-0.1, -0.05) is 24.4 Å². The zero-order chi connectivity index (χ0) is 13.3. The highest BCUT2D eigenvalue weighted by Crippen LogP contribution is 2.48. The molecule has 0 spiro atoms. The van der Waals surface area contributed by atoms with Crippen molar-refractivity contribution in [2.45, 2.75) is 50.1 Å². The molecule has 0 bridgehead atoms. The lowest BCUT2D eigenvalue weighted by molar-refractivity contribution is 0.0810. The van der Waals surface area contributed by atoms with Gasteiger partial charge in [0.15, 0.2) is 0 Å². The summed E-state index contributed by atoms with van der Waals surface area (Å²) in [6, 6.07) is 2.43. The SMILES string of the molecule is CNC(c1sccc1Cl)C1(N2CCCC2)CCCC1. The molecular formula is C15H23ClN2S. The van der Waals surface area contributed by atoms with Gasteiger partial charge in [-0.2, -0.15) is 0 Å². The molecule has 3 rings (SSSR count). The minimum absolute atomic E-state index is 0.305. The van der Waals surface area contributed by atoms with E-state index >= 15 is 0 Å². The fraction of sp³-hybridized carbons (Fsp3) is 0.733. The Bertz CT molecular complexity index is 420. The van der Waals surface area contributed by atoms with Crippen LogP contribution in [0, 0.1) is 0 Å². The molecule has 2 fully saturated rings. The Labute approximate surface area is 125 Å². The van der Waals surface area contributed by atoms with E-state index in [4.69, 9.17) is 11.6 Å². The number of rotatable bonds is 4. The van der Waals surface area contributed by atoms with E-state index in [0.717, 1.165) is 5.02 Å². The topological polar surface area (TPSA) is 15.3 Å². The standard InChI is InChI=1S/C15H23ClN2S/c1-17-14(13-12(16)6-11-19-13)15(7-2-3-8-15)18-9-4-5-10-18/h6,11,14,17H,2-5,7-10H2,1H3. The Balaban J connectivity index is 1.95. The molecule has 2 nitrogen and oxygen atoms in total. The van der Waals surface area contributed by atoms with Crippen LogP contribution in [0.1, 0.15) is 49.4 Å². The second-order valence-electron chi connectivity index (χ2n) is 5.86. The number of halogens is 1. The summed E-state index contributed by atoms with van der Waals surface area (Å²) in [5.41, 5.74) is 0.305. The Morgan fingerprint density at radius 2 is 1.95 bits per heavy atom. The summed E-state index contributed by atoms with van der Waals surface area (Å²) in [7, 11) is 2.09. The fourth-order valence-corrected chi connectivity index (χ4v) is 5.48. The van der Waals surface area contributed by atoms with Crippen LogP contribution in [0.5, 0.6) is 0 Å². The van der Waals surface area contributed by atoms with Crippen molar-refractivity contribution in [1.29, 1.82) is 0 Å². The maximum Gasteiger partial charge on any atom is 0.0614 e. The molecule has 2 heterocycles. The van der Waals surface area contributed by atoms with Gasteiger partial charge in [0, 0.05) is 10.4 Å². The smallest absolute Gasteiger partial charge is 0.0614 e. The third kappa shape index (κ3) is 2.35. The summed E-state index contributed by atoms with van der Waals surface area (Å²) in [6.07, 6.45) is 8.06. The Hall–Kier alpha value is -0.0900. The fourth-order valence-electron chi connectivity index (χ4n) is 4.09. The van der Waals surface area contributed by atoms with Gasteiger partial charge in [-0.3, -0.25) is 4.90 Å². The minimum atomic E-state index is 0.305. The molecule has 1 atom stereocenters. The highest BCUT2D eigenvalue weighted by atomic mass is 35.5. The molecule has 1 N–H and O–H groups in total. The van der Waals surface area contributed by atoms with Gasteiger partial charge in [0.2, 0.25) is 0 Å². The summed E-state index contributed by atoms with van der Waals surface area (Å²) in [4.78, 5) is 4.08. The molecule has 1 aliphatic carbocycles. The van der Waals surface area contributed by atoms with Crippen molar-refractivity contribution in [2.75, 3.05) is 20.1 Å². The first-order chi connectivity index (χ1) is 9.28. The Kier molecular flexibility index (Phi) is 4.18. The Morgan fingerprint density at radius 1 is 1.26 bits per heavy atom. The van der Waals surface area contributed by atoms with E-state index in [1.165, 1.54) is 56.5 Å². The highest BCUT2D eigenvalue weighted by molar-refractivity contribution is 7.10. The molecule has 1 saturated heterocycles. The van der Waals surface area contributed by atoms with Gasteiger partial charge in [-0.25, -0.2) is 0 Å². The molecule has 1 aromatic heterocycles. The highest BCUT2D eigenvalue weighted by Gasteiger charge is 2.47. The summed E-state index contributed by atoms with van der Waals surface area (Å²) in [6.45, 7) is 2.53. The second-order valence-corrected chi connectivity index (χ2v) is 7.21. The van der Waals surface area contributed by atoms with Crippen LogP contribution < -0.4 is 5.32 Å². The van der Waals surface area contributed by atoms with Crippen molar-refractivity contribution in [1.82, 2.24) is 10.2 Å². The van der Waals surface area contributed by atoms with Gasteiger partial charge in [0.25, 0.3) is 0 Å². The van der Waals surface area contributed by atoms with Crippen LogP contribution in [-0.2, 0) is 0 Å². The average Bonchev–Trinajstić information content (AvgIpc) is 3.12. The molecule has 0 amide bonds. The van der Waals surface area contributed by atoms with Crippen LogP contribution in [0.4, 0.5) is 0 Å². The lowest BCUT2D eigenvalue weighted by Crippen LogP contribution is -2.53. The van der Waals surface area contributed by atoms with Crippen molar-refractivity contribution < 1.29 is 0 Å². The van der Waals surface area contributed by atoms with Crippen LogP contribution in [0.3, 0.4) is 0 Å². The molecule has 19 heavy (non-hydrogen) atoms. The molecule has 106 valence electrons. The average molecular weight is 299 g/mol. The van der Waals surface area contributed by atoms with Crippen LogP contribution in [0.25, 0.3) is 0 Å². The largest absolute Gasteiger partial charge is 0.311 e. The van der Waals surface area contributed by atoms with Crippen molar-refractivity contribution in [3.8, 4) is 0 Å². The molecular weight excluding hydrogens is 276 g/mol. The van der Waals surface area contributed by atoms with Crippen LogP contribution >= 0.6 is 22.9 Å². The van der Waals surface area contributed by atoms with Gasteiger partial charge < -0.3 is 5.32 Å². The number of thiophene rings is 1. The number of hydrogen-bond acceptors (Lipinski definition) is 3. The quantitative estimate of drug-likeness (QED) is 0.901. The molecule has 4 heteroatoms. The summed E-state index contributed by atoms with van der Waals surface area (Å²) < 4.78 is 0. The maximum atomic E-state index is 6.41. The number of hydrogen-bond donors (Lipinski definition) is 1. The van der Waals surface area contributed by atoms with E-state index in [9.17, 15) is 0 Å². The normalized spacial score (nSPS) is 24.9. The van der Waals surface area contributed by atoms with Crippen molar-refractivity contribution >= 4 is 22.9 Å². The predicted molar refractivity (Wildman–Crippen MR) is 83.1 cm³/mol. The zero-order valence-electron chi connectivity index (χ0n) is 11.6. The first-order valence-electron chi connectivity index (χ1n) is 7.43. The molecule has 1 aromatic rings. The monoisotopic (exact) mass is 298 g/mol. The van der Waals surface area contributed by atoms with Gasteiger partial charge in [-0.15, -0.1) is 11.3 Å². The molecule has 1 aliphatic heterocycles. The molecule has 1 saturated carbocycles. The molecule has 1 unspecified atom stereocenters. The lowest BCUT2D eigenvalue weighted by Gasteiger charge is -2.45. The van der Waals surface area contributed by atoms with E-state index < -0.39 is 0 Å². The Morgan fingerprint density at radius 3 is 2.47 bits per heavy atom. The van der Waals surface area contributed by atoms with E-state index in [1.807, 2.05) is 6.07 Å². The number of nitrogens with zero attached hydrogens (tertiary/aromatic N) is 1. The number of nitrogens with one attached hydrogen (secondary N) is 1. The second kappa shape index (κ2) is 5.72. The summed E-state index contributed by atoms with van der Waals surface area (Å²) in [5, 5.41) is 6.65. The summed E-state index contributed by atoms with van der Waals surface area (Å²) >= 11 is 8.22. The summed E-state index contributed by atoms with van der Waals surface area (Å²) in [5.74, 6) is 0. The lowest BCUT2D eigenvalue weighted by atomic mass is 9.85. The van der Waals surface area contributed by atoms with Crippen molar-refractivity contribution in [2.24, 2.45) is 0 Å². The van der Waals surface area contributed by atoms with Crippen molar-refractivity contribution in [3.63, 3.8) is 0 Å². The van der Waals surface area contributed by atoms with Crippen LogP contribution in [-0.4, -0.2) is 30.6 Å². The molecule has 0 aromatic carbocycles. The van der Waals surface area contributed by atoms with E-state index in [-0.39, 0.29) is 0 Å². The van der Waals surface area contributed by atoms with E-state index in [0.29, 0.717) is 11.6 Å². The molecule has 0 radical (unpaired) electrons. The predicted octanol–water partition coefficient (Wildman–Crippen LogP) is 4.07. The minimum Gasteiger partial charge on any atom is -0.311 e.